The first-order chi connectivity index (χ1) is 10.0. The van der Waals surface area contributed by atoms with Crippen LogP contribution in [0.4, 0.5) is 4.39 Å². The maximum atomic E-state index is 13.1. The molecule has 0 N–H and O–H groups in total. The molecule has 0 radical (unpaired) electrons. The number of hydrogen-bond acceptors (Lipinski definition) is 0. The molecule has 0 amide bonds. The van der Waals surface area contributed by atoms with Gasteiger partial charge in [-0.2, -0.15) is 0 Å². The second-order valence-electron chi connectivity index (χ2n) is 4.94. The standard InChI is InChI=1S/C16H13Cl4F/c17-9-16(10-18,12-4-6-13(21)7-5-12)8-11-2-1-3-14(19)15(11)20/h1-7H,8-10H2. The Bertz CT molecular complexity index is 606. The Morgan fingerprint density at radius 1 is 0.905 bits per heavy atom. The highest BCUT2D eigenvalue weighted by Gasteiger charge is 2.32. The van der Waals surface area contributed by atoms with Crippen molar-refractivity contribution in [2.24, 2.45) is 0 Å². The van der Waals surface area contributed by atoms with Crippen LogP contribution in [0, 0.1) is 5.82 Å². The van der Waals surface area contributed by atoms with Gasteiger partial charge >= 0.3 is 0 Å². The van der Waals surface area contributed by atoms with Crippen molar-refractivity contribution in [1.29, 1.82) is 0 Å². The average molecular weight is 366 g/mol. The third-order valence-corrected chi connectivity index (χ3v) is 5.41. The number of alkyl halides is 2. The van der Waals surface area contributed by atoms with E-state index in [4.69, 9.17) is 46.4 Å². The van der Waals surface area contributed by atoms with E-state index in [0.717, 1.165) is 11.1 Å². The molecule has 0 bridgehead atoms. The average Bonchev–Trinajstić information content (AvgIpc) is 2.50. The Morgan fingerprint density at radius 2 is 1.52 bits per heavy atom. The van der Waals surface area contributed by atoms with Crippen LogP contribution in [0.5, 0.6) is 0 Å². The molecule has 0 aliphatic rings. The van der Waals surface area contributed by atoms with Crippen LogP contribution in [0.1, 0.15) is 11.1 Å². The van der Waals surface area contributed by atoms with Gasteiger partial charge in [-0.1, -0.05) is 47.5 Å². The predicted octanol–water partition coefficient (Wildman–Crippen LogP) is 6.09. The molecule has 0 aliphatic heterocycles. The summed E-state index contributed by atoms with van der Waals surface area (Å²) in [5.74, 6) is 0.299. The zero-order chi connectivity index (χ0) is 15.5. The van der Waals surface area contributed by atoms with E-state index in [1.165, 1.54) is 12.1 Å². The van der Waals surface area contributed by atoms with Crippen LogP contribution in [0.3, 0.4) is 0 Å². The second kappa shape index (κ2) is 7.19. The van der Waals surface area contributed by atoms with Crippen LogP contribution in [0.25, 0.3) is 0 Å². The Hall–Kier alpha value is -0.470. The van der Waals surface area contributed by atoms with Gasteiger partial charge in [0.05, 0.1) is 10.0 Å². The molecule has 0 heterocycles. The molecular formula is C16H13Cl4F. The van der Waals surface area contributed by atoms with E-state index < -0.39 is 5.41 Å². The van der Waals surface area contributed by atoms with Crippen LogP contribution in [0.15, 0.2) is 42.5 Å². The monoisotopic (exact) mass is 364 g/mol. The predicted molar refractivity (Wildman–Crippen MR) is 89.7 cm³/mol. The van der Waals surface area contributed by atoms with Crippen molar-refractivity contribution in [2.75, 3.05) is 11.8 Å². The van der Waals surface area contributed by atoms with Crippen LogP contribution >= 0.6 is 46.4 Å². The smallest absolute Gasteiger partial charge is 0.123 e. The SMILES string of the molecule is Fc1ccc(C(CCl)(CCl)Cc2cccc(Cl)c2Cl)cc1. The fourth-order valence-corrected chi connectivity index (χ4v) is 3.41. The fraction of sp³-hybridized carbons (Fsp3) is 0.250. The molecule has 0 nitrogen and oxygen atoms in total. The zero-order valence-corrected chi connectivity index (χ0v) is 14.1. The number of rotatable bonds is 5. The lowest BCUT2D eigenvalue weighted by Crippen LogP contribution is -2.33. The molecule has 0 saturated carbocycles. The van der Waals surface area contributed by atoms with Crippen molar-refractivity contribution in [1.82, 2.24) is 0 Å². The minimum Gasteiger partial charge on any atom is -0.207 e. The van der Waals surface area contributed by atoms with Gasteiger partial charge in [0.15, 0.2) is 0 Å². The van der Waals surface area contributed by atoms with Crippen LogP contribution in [0.2, 0.25) is 10.0 Å². The summed E-state index contributed by atoms with van der Waals surface area (Å²) >= 11 is 24.7. The van der Waals surface area contributed by atoms with Crippen molar-refractivity contribution in [3.8, 4) is 0 Å². The molecule has 0 spiro atoms. The lowest BCUT2D eigenvalue weighted by molar-refractivity contribution is 0.533. The summed E-state index contributed by atoms with van der Waals surface area (Å²) in [6, 6.07) is 11.7. The molecule has 0 aromatic heterocycles. The van der Waals surface area contributed by atoms with E-state index in [1.54, 1.807) is 18.2 Å². The molecule has 5 heteroatoms. The van der Waals surface area contributed by atoms with Crippen molar-refractivity contribution >= 4 is 46.4 Å². The van der Waals surface area contributed by atoms with Crippen molar-refractivity contribution < 1.29 is 4.39 Å². The van der Waals surface area contributed by atoms with Gasteiger partial charge in [-0.15, -0.1) is 23.2 Å². The molecule has 2 aromatic carbocycles. The molecule has 112 valence electrons. The summed E-state index contributed by atoms with van der Waals surface area (Å²) in [6.07, 6.45) is 0.533. The molecule has 0 unspecified atom stereocenters. The van der Waals surface area contributed by atoms with E-state index in [9.17, 15) is 4.39 Å². The number of benzene rings is 2. The van der Waals surface area contributed by atoms with Crippen LogP contribution in [-0.2, 0) is 11.8 Å². The van der Waals surface area contributed by atoms with Crippen LogP contribution in [-0.4, -0.2) is 11.8 Å². The third-order valence-electron chi connectivity index (χ3n) is 3.53. The van der Waals surface area contributed by atoms with Crippen molar-refractivity contribution in [3.05, 3.63) is 69.5 Å². The minimum absolute atomic E-state index is 0.294. The highest BCUT2D eigenvalue weighted by molar-refractivity contribution is 6.42. The Balaban J connectivity index is 2.43. The van der Waals surface area contributed by atoms with Gasteiger partial charge in [0.1, 0.15) is 5.82 Å². The van der Waals surface area contributed by atoms with E-state index >= 15 is 0 Å². The summed E-state index contributed by atoms with van der Waals surface area (Å²) in [5.41, 5.74) is 1.23. The molecule has 0 saturated heterocycles. The summed E-state index contributed by atoms with van der Waals surface area (Å²) in [4.78, 5) is 0. The van der Waals surface area contributed by atoms with E-state index in [1.807, 2.05) is 12.1 Å². The molecule has 2 rings (SSSR count). The summed E-state index contributed by atoms with van der Waals surface area (Å²) < 4.78 is 13.1. The lowest BCUT2D eigenvalue weighted by Gasteiger charge is -2.31. The normalized spacial score (nSPS) is 11.7. The summed E-state index contributed by atoms with van der Waals surface area (Å²) in [7, 11) is 0. The highest BCUT2D eigenvalue weighted by Crippen LogP contribution is 2.35. The largest absolute Gasteiger partial charge is 0.207 e. The Kier molecular flexibility index (Phi) is 5.79. The first kappa shape index (κ1) is 16.9. The first-order valence-corrected chi connectivity index (χ1v) is 8.16. The van der Waals surface area contributed by atoms with Crippen molar-refractivity contribution in [2.45, 2.75) is 11.8 Å². The van der Waals surface area contributed by atoms with E-state index in [-0.39, 0.29) is 5.82 Å². The Labute approximate surface area is 143 Å². The summed E-state index contributed by atoms with van der Waals surface area (Å²) in [5, 5.41) is 0.993. The van der Waals surface area contributed by atoms with Gasteiger partial charge in [-0.25, -0.2) is 4.39 Å². The minimum atomic E-state index is -0.523. The molecule has 0 aliphatic carbocycles. The maximum absolute atomic E-state index is 13.1. The van der Waals surface area contributed by atoms with Gasteiger partial charge < -0.3 is 0 Å². The van der Waals surface area contributed by atoms with Gasteiger partial charge in [0, 0.05) is 17.2 Å². The van der Waals surface area contributed by atoms with Gasteiger partial charge in [-0.05, 0) is 35.7 Å². The second-order valence-corrected chi connectivity index (χ2v) is 6.26. The molecule has 21 heavy (non-hydrogen) atoms. The molecular weight excluding hydrogens is 353 g/mol. The molecule has 0 atom stereocenters. The first-order valence-electron chi connectivity index (χ1n) is 6.33. The topological polar surface area (TPSA) is 0 Å². The zero-order valence-electron chi connectivity index (χ0n) is 11.1. The highest BCUT2D eigenvalue weighted by atomic mass is 35.5. The van der Waals surface area contributed by atoms with Crippen molar-refractivity contribution in [3.63, 3.8) is 0 Å². The van der Waals surface area contributed by atoms with Gasteiger partial charge in [0.2, 0.25) is 0 Å². The number of hydrogen-bond donors (Lipinski definition) is 0. The third kappa shape index (κ3) is 3.65. The molecule has 2 aromatic rings. The molecule has 0 fully saturated rings. The fourth-order valence-electron chi connectivity index (χ4n) is 2.24. The maximum Gasteiger partial charge on any atom is 0.123 e. The Morgan fingerprint density at radius 3 is 2.10 bits per heavy atom. The summed E-state index contributed by atoms with van der Waals surface area (Å²) in [6.45, 7) is 0. The van der Waals surface area contributed by atoms with E-state index in [2.05, 4.69) is 0 Å². The lowest BCUT2D eigenvalue weighted by atomic mass is 9.78. The number of halogens is 5. The van der Waals surface area contributed by atoms with E-state index in [0.29, 0.717) is 28.2 Å². The van der Waals surface area contributed by atoms with Gasteiger partial charge in [0.25, 0.3) is 0 Å². The quantitative estimate of drug-likeness (QED) is 0.562. The van der Waals surface area contributed by atoms with Gasteiger partial charge in [-0.3, -0.25) is 0 Å². The van der Waals surface area contributed by atoms with Crippen LogP contribution < -0.4 is 0 Å².